The minimum Gasteiger partial charge on any atom is -0.324 e. The molecule has 1 rings (SSSR count). The van der Waals surface area contributed by atoms with Gasteiger partial charge in [-0.3, -0.25) is 4.79 Å². The summed E-state index contributed by atoms with van der Waals surface area (Å²) >= 11 is 5.59. The summed E-state index contributed by atoms with van der Waals surface area (Å²) < 4.78 is 23.2. The molecule has 1 N–H and O–H groups in total. The molecule has 18 heavy (non-hydrogen) atoms. The Kier molecular flexibility index (Phi) is 5.10. The predicted molar refractivity (Wildman–Crippen MR) is 71.4 cm³/mol. The summed E-state index contributed by atoms with van der Waals surface area (Å²) in [5.74, 6) is -1.09. The molecule has 100 valence electrons. The summed E-state index contributed by atoms with van der Waals surface area (Å²) in [6, 6.07) is 3.07. The smallest absolute Gasteiger partial charge is 0.239 e. The lowest BCUT2D eigenvalue weighted by Crippen LogP contribution is -2.26. The molecule has 0 spiro atoms. The molecule has 0 aliphatic heterocycles. The predicted octanol–water partition coefficient (Wildman–Crippen LogP) is 1.74. The van der Waals surface area contributed by atoms with Crippen LogP contribution in [0.3, 0.4) is 0 Å². The summed E-state index contributed by atoms with van der Waals surface area (Å²) in [5.41, 5.74) is 0.421. The third-order valence-electron chi connectivity index (χ3n) is 1.95. The number of amides is 1. The van der Waals surface area contributed by atoms with Crippen LogP contribution in [0, 0.1) is 5.92 Å². The van der Waals surface area contributed by atoms with Crippen molar-refractivity contribution in [2.75, 3.05) is 16.8 Å². The minimum atomic E-state index is -3.37. The van der Waals surface area contributed by atoms with E-state index < -0.39 is 21.5 Å². The van der Waals surface area contributed by atoms with E-state index in [1.165, 1.54) is 12.3 Å². The van der Waals surface area contributed by atoms with Gasteiger partial charge in [0.2, 0.25) is 5.91 Å². The van der Waals surface area contributed by atoms with Gasteiger partial charge in [-0.15, -0.1) is 0 Å². The van der Waals surface area contributed by atoms with Crippen molar-refractivity contribution in [2.45, 2.75) is 13.8 Å². The largest absolute Gasteiger partial charge is 0.324 e. The zero-order valence-electron chi connectivity index (χ0n) is 10.2. The molecule has 0 aliphatic rings. The molecule has 0 atom stereocenters. The highest BCUT2D eigenvalue weighted by Crippen LogP contribution is 2.10. The number of nitrogens with one attached hydrogen (secondary N) is 1. The number of halogens is 1. The zero-order chi connectivity index (χ0) is 13.8. The lowest BCUT2D eigenvalue weighted by Gasteiger charge is -2.07. The monoisotopic (exact) mass is 290 g/mol. The summed E-state index contributed by atoms with van der Waals surface area (Å²) in [6.07, 6.45) is 1.37. The fraction of sp³-hybridized carbons (Fsp3) is 0.455. The fourth-order valence-electron chi connectivity index (χ4n) is 1.41. The summed E-state index contributed by atoms with van der Waals surface area (Å²) in [7, 11) is -3.37. The van der Waals surface area contributed by atoms with Gasteiger partial charge in [0.15, 0.2) is 9.84 Å². The van der Waals surface area contributed by atoms with Gasteiger partial charge in [0.1, 0.15) is 10.9 Å². The molecule has 7 heteroatoms. The van der Waals surface area contributed by atoms with Crippen molar-refractivity contribution in [3.8, 4) is 0 Å². The van der Waals surface area contributed by atoms with Gasteiger partial charge in [-0.2, -0.15) is 0 Å². The van der Waals surface area contributed by atoms with Gasteiger partial charge < -0.3 is 5.32 Å². The van der Waals surface area contributed by atoms with Gasteiger partial charge in [0, 0.05) is 0 Å². The number of hydrogen-bond acceptors (Lipinski definition) is 4. The number of aromatic nitrogens is 1. The van der Waals surface area contributed by atoms with E-state index in [0.717, 1.165) is 0 Å². The summed E-state index contributed by atoms with van der Waals surface area (Å²) in [6.45, 7) is 3.58. The number of sulfone groups is 1. The second-order valence-corrected chi connectivity index (χ2v) is 6.86. The number of carbonyl (C=O) groups is 1. The first-order valence-corrected chi connectivity index (χ1v) is 7.60. The number of pyridine rings is 1. The average molecular weight is 291 g/mol. The van der Waals surface area contributed by atoms with E-state index >= 15 is 0 Å². The van der Waals surface area contributed by atoms with Crippen molar-refractivity contribution in [3.63, 3.8) is 0 Å². The number of rotatable bonds is 5. The Balaban J connectivity index is 2.59. The third kappa shape index (κ3) is 5.46. The quantitative estimate of drug-likeness (QED) is 0.838. The molecule has 0 radical (unpaired) electrons. The molecular weight excluding hydrogens is 276 g/mol. The van der Waals surface area contributed by atoms with Gasteiger partial charge >= 0.3 is 0 Å². The Hall–Kier alpha value is -1.14. The molecule has 1 amide bonds. The van der Waals surface area contributed by atoms with Gasteiger partial charge in [-0.1, -0.05) is 25.4 Å². The van der Waals surface area contributed by atoms with Crippen LogP contribution in [0.2, 0.25) is 5.15 Å². The van der Waals surface area contributed by atoms with E-state index in [1.807, 2.05) is 0 Å². The van der Waals surface area contributed by atoms with Crippen LogP contribution in [0.5, 0.6) is 0 Å². The van der Waals surface area contributed by atoms with Crippen molar-refractivity contribution in [1.82, 2.24) is 4.98 Å². The van der Waals surface area contributed by atoms with E-state index in [4.69, 9.17) is 11.6 Å². The molecule has 0 bridgehead atoms. The Morgan fingerprint density at radius 3 is 2.61 bits per heavy atom. The molecule has 5 nitrogen and oxygen atoms in total. The number of carbonyl (C=O) groups excluding carboxylic acids is 1. The minimum absolute atomic E-state index is 0.00000133. The molecule has 0 aliphatic carbocycles. The topological polar surface area (TPSA) is 76.1 Å². The van der Waals surface area contributed by atoms with E-state index in [1.54, 1.807) is 19.9 Å². The molecule has 1 aromatic heterocycles. The SMILES string of the molecule is CC(C)CS(=O)(=O)CC(=O)Nc1ccc(Cl)nc1. The molecule has 1 heterocycles. The first-order chi connectivity index (χ1) is 8.28. The standard InChI is InChI=1S/C11H15ClN2O3S/c1-8(2)6-18(16,17)7-11(15)14-9-3-4-10(12)13-5-9/h3-5,8H,6-7H2,1-2H3,(H,14,15). The van der Waals surface area contributed by atoms with E-state index in [0.29, 0.717) is 10.8 Å². The summed E-state index contributed by atoms with van der Waals surface area (Å²) in [5, 5.41) is 2.77. The van der Waals surface area contributed by atoms with Gasteiger partial charge in [-0.05, 0) is 18.1 Å². The van der Waals surface area contributed by atoms with Crippen LogP contribution < -0.4 is 5.32 Å². The van der Waals surface area contributed by atoms with Gasteiger partial charge in [-0.25, -0.2) is 13.4 Å². The normalized spacial score (nSPS) is 11.6. The van der Waals surface area contributed by atoms with Crippen LogP contribution in [0.15, 0.2) is 18.3 Å². The Bertz CT molecular complexity index is 512. The van der Waals surface area contributed by atoms with Crippen LogP contribution in [-0.2, 0) is 14.6 Å². The van der Waals surface area contributed by atoms with E-state index in [9.17, 15) is 13.2 Å². The van der Waals surface area contributed by atoms with Crippen molar-refractivity contribution < 1.29 is 13.2 Å². The van der Waals surface area contributed by atoms with Crippen molar-refractivity contribution in [2.24, 2.45) is 5.92 Å². The molecule has 1 aromatic rings. The first kappa shape index (κ1) is 14.9. The third-order valence-corrected chi connectivity index (χ3v) is 4.05. The van der Waals surface area contributed by atoms with Crippen molar-refractivity contribution in [3.05, 3.63) is 23.5 Å². The number of hydrogen-bond donors (Lipinski definition) is 1. The molecule has 0 aromatic carbocycles. The Morgan fingerprint density at radius 2 is 2.11 bits per heavy atom. The van der Waals surface area contributed by atoms with E-state index in [2.05, 4.69) is 10.3 Å². The maximum absolute atomic E-state index is 11.6. The fourth-order valence-corrected chi connectivity index (χ4v) is 3.13. The first-order valence-electron chi connectivity index (χ1n) is 5.40. The average Bonchev–Trinajstić information content (AvgIpc) is 2.18. The lowest BCUT2D eigenvalue weighted by atomic mass is 10.3. The summed E-state index contributed by atoms with van der Waals surface area (Å²) in [4.78, 5) is 15.3. The number of anilines is 1. The Morgan fingerprint density at radius 1 is 1.44 bits per heavy atom. The highest BCUT2D eigenvalue weighted by molar-refractivity contribution is 7.92. The number of nitrogens with zero attached hydrogens (tertiary/aromatic N) is 1. The lowest BCUT2D eigenvalue weighted by molar-refractivity contribution is -0.113. The zero-order valence-corrected chi connectivity index (χ0v) is 11.8. The van der Waals surface area contributed by atoms with E-state index in [-0.39, 0.29) is 11.7 Å². The van der Waals surface area contributed by atoms with Gasteiger partial charge in [0.25, 0.3) is 0 Å². The Labute approximate surface area is 111 Å². The second kappa shape index (κ2) is 6.15. The van der Waals surface area contributed by atoms with Crippen LogP contribution >= 0.6 is 11.6 Å². The molecule has 0 fully saturated rings. The molecule has 0 saturated carbocycles. The molecule has 0 saturated heterocycles. The molecular formula is C11H15ClN2O3S. The highest BCUT2D eigenvalue weighted by Gasteiger charge is 2.18. The highest BCUT2D eigenvalue weighted by atomic mass is 35.5. The second-order valence-electron chi connectivity index (χ2n) is 4.37. The van der Waals surface area contributed by atoms with Crippen molar-refractivity contribution in [1.29, 1.82) is 0 Å². The van der Waals surface area contributed by atoms with Crippen LogP contribution in [-0.4, -0.2) is 30.8 Å². The maximum atomic E-state index is 11.6. The van der Waals surface area contributed by atoms with Crippen molar-refractivity contribution >= 4 is 33.0 Å². The maximum Gasteiger partial charge on any atom is 0.239 e. The van der Waals surface area contributed by atoms with Crippen LogP contribution in [0.4, 0.5) is 5.69 Å². The van der Waals surface area contributed by atoms with Crippen LogP contribution in [0.1, 0.15) is 13.8 Å². The van der Waals surface area contributed by atoms with Gasteiger partial charge in [0.05, 0.1) is 17.6 Å². The molecule has 0 unspecified atom stereocenters. The van der Waals surface area contributed by atoms with Crippen LogP contribution in [0.25, 0.3) is 0 Å².